The molecule has 5 heteroatoms. The van der Waals surface area contributed by atoms with Gasteiger partial charge in [-0.1, -0.05) is 0 Å². The zero-order chi connectivity index (χ0) is 14.0. The number of esters is 1. The van der Waals surface area contributed by atoms with Crippen LogP contribution in [0.1, 0.15) is 19.8 Å². The minimum absolute atomic E-state index is 0.107. The van der Waals surface area contributed by atoms with E-state index in [1.165, 1.54) is 7.11 Å². The molecule has 0 amide bonds. The molecule has 2 atom stereocenters. The Hall–Kier alpha value is -0.650. The van der Waals surface area contributed by atoms with Gasteiger partial charge in [-0.15, -0.1) is 0 Å². The summed E-state index contributed by atoms with van der Waals surface area (Å²) in [6, 6.07) is 0.542. The number of carbonyl (C=O) groups is 1. The van der Waals surface area contributed by atoms with Crippen molar-refractivity contribution in [2.75, 3.05) is 47.4 Å². The molecule has 5 nitrogen and oxygen atoms in total. The number of ether oxygens (including phenoxy) is 1. The lowest BCUT2D eigenvalue weighted by atomic mass is 9.92. The number of likely N-dealkylation sites (N-methyl/N-ethyl adjacent to an activating group) is 2. The Morgan fingerprint density at radius 3 is 2.58 bits per heavy atom. The molecule has 1 saturated carbocycles. The maximum Gasteiger partial charge on any atom is 0.327 e. The third kappa shape index (κ3) is 2.93. The van der Waals surface area contributed by atoms with Crippen molar-refractivity contribution in [3.05, 3.63) is 0 Å². The summed E-state index contributed by atoms with van der Waals surface area (Å²) in [5.41, 5.74) is -0.510. The van der Waals surface area contributed by atoms with Gasteiger partial charge in [-0.05, 0) is 39.8 Å². The topological polar surface area (TPSA) is 44.8 Å². The second-order valence-electron chi connectivity index (χ2n) is 6.05. The van der Waals surface area contributed by atoms with Crippen LogP contribution < -0.4 is 5.32 Å². The van der Waals surface area contributed by atoms with Gasteiger partial charge in [0.05, 0.1) is 7.11 Å². The number of nitrogens with zero attached hydrogens (tertiary/aromatic N) is 2. The van der Waals surface area contributed by atoms with Crippen molar-refractivity contribution in [3.63, 3.8) is 0 Å². The predicted molar refractivity (Wildman–Crippen MR) is 75.1 cm³/mol. The van der Waals surface area contributed by atoms with E-state index in [9.17, 15) is 4.79 Å². The third-order valence-corrected chi connectivity index (χ3v) is 4.79. The Morgan fingerprint density at radius 1 is 1.42 bits per heavy atom. The summed E-state index contributed by atoms with van der Waals surface area (Å²) in [5, 5.41) is 3.27. The van der Waals surface area contributed by atoms with Crippen molar-refractivity contribution in [1.82, 2.24) is 15.1 Å². The molecule has 0 bridgehead atoms. The monoisotopic (exact) mass is 269 g/mol. The van der Waals surface area contributed by atoms with Crippen molar-refractivity contribution in [3.8, 4) is 0 Å². The molecule has 1 aliphatic carbocycles. The van der Waals surface area contributed by atoms with Gasteiger partial charge >= 0.3 is 5.97 Å². The van der Waals surface area contributed by atoms with E-state index in [-0.39, 0.29) is 5.97 Å². The van der Waals surface area contributed by atoms with Crippen LogP contribution in [0.4, 0.5) is 0 Å². The molecule has 0 radical (unpaired) electrons. The summed E-state index contributed by atoms with van der Waals surface area (Å²) in [6.07, 6.45) is 2.25. The number of rotatable bonds is 5. The van der Waals surface area contributed by atoms with Gasteiger partial charge in [0.2, 0.25) is 0 Å². The number of piperazine rings is 1. The van der Waals surface area contributed by atoms with E-state index in [0.717, 1.165) is 39.0 Å². The summed E-state index contributed by atoms with van der Waals surface area (Å²) < 4.78 is 5.06. The van der Waals surface area contributed by atoms with Crippen LogP contribution in [0.2, 0.25) is 0 Å². The second kappa shape index (κ2) is 5.77. The first-order valence-corrected chi connectivity index (χ1v) is 7.23. The number of nitrogens with one attached hydrogen (secondary N) is 1. The molecule has 110 valence electrons. The van der Waals surface area contributed by atoms with Gasteiger partial charge in [-0.3, -0.25) is 4.90 Å². The van der Waals surface area contributed by atoms with Crippen molar-refractivity contribution in [2.45, 2.75) is 31.3 Å². The van der Waals surface area contributed by atoms with Crippen molar-refractivity contribution in [1.29, 1.82) is 0 Å². The lowest BCUT2D eigenvalue weighted by Crippen LogP contribution is -2.63. The van der Waals surface area contributed by atoms with Crippen LogP contribution in [0, 0.1) is 5.92 Å². The SMILES string of the molecule is CNC(CN1CCN(C)C(C)C1)(C(=O)OC)C1CC1. The molecule has 0 aromatic rings. The average molecular weight is 269 g/mol. The number of hydrogen-bond acceptors (Lipinski definition) is 5. The van der Waals surface area contributed by atoms with Crippen LogP contribution in [-0.2, 0) is 9.53 Å². The van der Waals surface area contributed by atoms with E-state index < -0.39 is 5.54 Å². The number of methoxy groups -OCH3 is 1. The molecule has 1 aliphatic heterocycles. The van der Waals surface area contributed by atoms with Crippen molar-refractivity contribution in [2.24, 2.45) is 5.92 Å². The van der Waals surface area contributed by atoms with E-state index in [1.54, 1.807) is 0 Å². The largest absolute Gasteiger partial charge is 0.468 e. The molecule has 2 fully saturated rings. The first-order valence-electron chi connectivity index (χ1n) is 7.23. The van der Waals surface area contributed by atoms with Gasteiger partial charge in [0.15, 0.2) is 0 Å². The van der Waals surface area contributed by atoms with Gasteiger partial charge in [-0.2, -0.15) is 0 Å². The van der Waals surface area contributed by atoms with E-state index in [2.05, 4.69) is 29.1 Å². The van der Waals surface area contributed by atoms with Gasteiger partial charge in [-0.25, -0.2) is 4.79 Å². The maximum atomic E-state index is 12.2. The first-order chi connectivity index (χ1) is 9.03. The minimum Gasteiger partial charge on any atom is -0.468 e. The zero-order valence-electron chi connectivity index (χ0n) is 12.6. The van der Waals surface area contributed by atoms with E-state index in [4.69, 9.17) is 4.74 Å². The summed E-state index contributed by atoms with van der Waals surface area (Å²) in [7, 11) is 5.53. The van der Waals surface area contributed by atoms with E-state index >= 15 is 0 Å². The Morgan fingerprint density at radius 2 is 2.11 bits per heavy atom. The fourth-order valence-corrected chi connectivity index (χ4v) is 3.12. The first kappa shape index (κ1) is 14.8. The van der Waals surface area contributed by atoms with E-state index in [0.29, 0.717) is 12.0 Å². The Balaban J connectivity index is 2.06. The third-order valence-electron chi connectivity index (χ3n) is 4.79. The average Bonchev–Trinajstić information content (AvgIpc) is 3.24. The summed E-state index contributed by atoms with van der Waals surface area (Å²) in [5.74, 6) is 0.323. The smallest absolute Gasteiger partial charge is 0.327 e. The van der Waals surface area contributed by atoms with Crippen LogP contribution in [0.3, 0.4) is 0 Å². The molecule has 2 unspecified atom stereocenters. The lowest BCUT2D eigenvalue weighted by Gasteiger charge is -2.42. The quantitative estimate of drug-likeness (QED) is 0.721. The molecular formula is C14H27N3O2. The zero-order valence-corrected chi connectivity index (χ0v) is 12.6. The molecule has 0 spiro atoms. The molecule has 0 aromatic heterocycles. The van der Waals surface area contributed by atoms with Crippen LogP contribution in [0.25, 0.3) is 0 Å². The lowest BCUT2D eigenvalue weighted by molar-refractivity contribution is -0.150. The highest BCUT2D eigenvalue weighted by atomic mass is 16.5. The number of hydrogen-bond donors (Lipinski definition) is 1. The second-order valence-corrected chi connectivity index (χ2v) is 6.05. The molecular weight excluding hydrogens is 242 g/mol. The van der Waals surface area contributed by atoms with Gasteiger partial charge in [0, 0.05) is 32.2 Å². The van der Waals surface area contributed by atoms with Gasteiger partial charge < -0.3 is 15.0 Å². The fourth-order valence-electron chi connectivity index (χ4n) is 3.12. The highest BCUT2D eigenvalue weighted by Crippen LogP contribution is 2.41. The molecule has 1 N–H and O–H groups in total. The van der Waals surface area contributed by atoms with Gasteiger partial charge in [0.1, 0.15) is 5.54 Å². The normalized spacial score (nSPS) is 28.9. The molecule has 19 heavy (non-hydrogen) atoms. The molecule has 0 aromatic carbocycles. The predicted octanol–water partition coefficient (Wildman–Crippen LogP) is 0.164. The van der Waals surface area contributed by atoms with Crippen LogP contribution >= 0.6 is 0 Å². The summed E-state index contributed by atoms with van der Waals surface area (Å²) in [4.78, 5) is 17.0. The van der Waals surface area contributed by atoms with Gasteiger partial charge in [0.25, 0.3) is 0 Å². The van der Waals surface area contributed by atoms with Crippen LogP contribution in [0.5, 0.6) is 0 Å². The number of carbonyl (C=O) groups excluding carboxylic acids is 1. The molecule has 1 saturated heterocycles. The standard InChI is InChI=1S/C14H27N3O2/c1-11-9-17(8-7-16(11)3)10-14(15-2,12-5-6-12)13(18)19-4/h11-12,15H,5-10H2,1-4H3. The maximum absolute atomic E-state index is 12.2. The van der Waals surface area contributed by atoms with Crippen molar-refractivity contribution >= 4 is 5.97 Å². The highest BCUT2D eigenvalue weighted by molar-refractivity contribution is 5.82. The summed E-state index contributed by atoms with van der Waals surface area (Å²) in [6.45, 7) is 6.10. The molecule has 2 rings (SSSR count). The summed E-state index contributed by atoms with van der Waals surface area (Å²) >= 11 is 0. The van der Waals surface area contributed by atoms with Crippen LogP contribution in [0.15, 0.2) is 0 Å². The highest BCUT2D eigenvalue weighted by Gasteiger charge is 2.52. The molecule has 2 aliphatic rings. The Bertz CT molecular complexity index is 333. The minimum atomic E-state index is -0.510. The van der Waals surface area contributed by atoms with Crippen LogP contribution in [-0.4, -0.2) is 74.7 Å². The van der Waals surface area contributed by atoms with E-state index in [1.807, 2.05) is 7.05 Å². The fraction of sp³-hybridized carbons (Fsp3) is 0.929. The molecule has 1 heterocycles. The Kier molecular flexibility index (Phi) is 4.48. The van der Waals surface area contributed by atoms with Crippen molar-refractivity contribution < 1.29 is 9.53 Å². The Labute approximate surface area is 116 Å².